The predicted molar refractivity (Wildman–Crippen MR) is 234 cm³/mol. The first-order valence-corrected chi connectivity index (χ1v) is 22.2. The smallest absolute Gasteiger partial charge is 0.370 e. The monoisotopic (exact) mass is 906 g/mol. The lowest BCUT2D eigenvalue weighted by Gasteiger charge is -2.37. The van der Waals surface area contributed by atoms with Gasteiger partial charge in [-0.3, -0.25) is 4.79 Å². The van der Waals surface area contributed by atoms with Gasteiger partial charge in [0, 0.05) is 72.9 Å². The second kappa shape index (κ2) is 20.3. The largest absolute Gasteiger partial charge is 0.493 e. The molecule has 0 radical (unpaired) electrons. The molecule has 342 valence electrons. The molecule has 0 aliphatic carbocycles. The van der Waals surface area contributed by atoms with E-state index < -0.39 is 52.9 Å². The Balaban J connectivity index is 0.922. The number of aromatic nitrogens is 6. The van der Waals surface area contributed by atoms with Crippen molar-refractivity contribution in [3.8, 4) is 11.4 Å². The topological polar surface area (TPSA) is 182 Å². The minimum absolute atomic E-state index is 0.0212. The average molecular weight is 907 g/mol. The summed E-state index contributed by atoms with van der Waals surface area (Å²) in [6, 6.07) is 17.9. The first-order valence-electron chi connectivity index (χ1n) is 21.2. The van der Waals surface area contributed by atoms with E-state index in [9.17, 15) is 29.0 Å². The number of hydrogen-bond donors (Lipinski definition) is 3. The molecule has 17 nitrogen and oxygen atoms in total. The number of carbonyl (C=O) groups excluding carboxylic acids is 1. The van der Waals surface area contributed by atoms with Gasteiger partial charge in [-0.05, 0) is 93.2 Å². The molecule has 3 aromatic carbocycles. The number of thioether (sulfide) groups is 1. The fraction of sp³-hybridized carbons (Fsp3) is 0.455. The molecule has 64 heavy (non-hydrogen) atoms. The third kappa shape index (κ3) is 10.6. The lowest BCUT2D eigenvalue weighted by atomic mass is 9.87. The van der Waals surface area contributed by atoms with Gasteiger partial charge in [0.25, 0.3) is 6.33 Å². The summed E-state index contributed by atoms with van der Waals surface area (Å²) in [5, 5.41) is 29.9. The number of ether oxygens (including phenoxy) is 3. The highest BCUT2D eigenvalue weighted by molar-refractivity contribution is 8.13. The van der Waals surface area contributed by atoms with E-state index in [1.165, 1.54) is 41.1 Å². The van der Waals surface area contributed by atoms with Crippen LogP contribution in [0.25, 0.3) is 5.69 Å². The highest BCUT2D eigenvalue weighted by Crippen LogP contribution is 2.42. The molecule has 2 aliphatic heterocycles. The number of rotatable bonds is 18. The Morgan fingerprint density at radius 2 is 1.66 bits per heavy atom. The number of halogens is 2. The zero-order valence-corrected chi connectivity index (χ0v) is 36.9. The van der Waals surface area contributed by atoms with Crippen LogP contribution in [0.1, 0.15) is 51.4 Å². The molecular formula is C44H54F2N9O8S+. The van der Waals surface area contributed by atoms with Crippen LogP contribution in [-0.4, -0.2) is 110 Å². The van der Waals surface area contributed by atoms with Gasteiger partial charge < -0.3 is 39.5 Å². The van der Waals surface area contributed by atoms with E-state index in [4.69, 9.17) is 14.2 Å². The van der Waals surface area contributed by atoms with Crippen LogP contribution in [0.15, 0.2) is 90.5 Å². The maximum Gasteiger partial charge on any atom is 0.370 e. The van der Waals surface area contributed by atoms with Gasteiger partial charge in [0.05, 0.1) is 31.0 Å². The summed E-state index contributed by atoms with van der Waals surface area (Å²) in [7, 11) is 1.49. The van der Waals surface area contributed by atoms with Gasteiger partial charge in [-0.2, -0.15) is 9.67 Å². The Morgan fingerprint density at radius 1 is 1.00 bits per heavy atom. The van der Waals surface area contributed by atoms with Crippen molar-refractivity contribution < 1.29 is 47.4 Å². The third-order valence-electron chi connectivity index (χ3n) is 11.8. The number of carboxylic acids is 1. The van der Waals surface area contributed by atoms with Crippen molar-refractivity contribution in [3.63, 3.8) is 0 Å². The Bertz CT molecular complexity index is 2420. The fourth-order valence-corrected chi connectivity index (χ4v) is 9.02. The summed E-state index contributed by atoms with van der Waals surface area (Å²) in [4.78, 5) is 41.4. The molecule has 2 aromatic heterocycles. The minimum atomic E-state index is -1.21. The van der Waals surface area contributed by atoms with Crippen LogP contribution in [0.5, 0.6) is 5.75 Å². The van der Waals surface area contributed by atoms with Gasteiger partial charge in [0.2, 0.25) is 12.6 Å². The van der Waals surface area contributed by atoms with Crippen molar-refractivity contribution >= 4 is 34.4 Å². The van der Waals surface area contributed by atoms with E-state index in [1.54, 1.807) is 29.4 Å². The van der Waals surface area contributed by atoms with Crippen LogP contribution in [0.4, 0.5) is 25.0 Å². The van der Waals surface area contributed by atoms with E-state index in [0.29, 0.717) is 30.9 Å². The number of likely N-dealkylation sites (N-methyl/N-ethyl adjacent to an activating group) is 1. The van der Waals surface area contributed by atoms with Crippen molar-refractivity contribution in [2.45, 2.75) is 70.2 Å². The number of nitrogens with one attached hydrogen (secondary N) is 1. The van der Waals surface area contributed by atoms with Crippen LogP contribution >= 0.6 is 11.8 Å². The van der Waals surface area contributed by atoms with Crippen LogP contribution in [0.3, 0.4) is 0 Å². The molecule has 3 N–H and O–H groups in total. The molecule has 0 amide bonds. The molecule has 0 spiro atoms. The van der Waals surface area contributed by atoms with Crippen molar-refractivity contribution in [2.75, 3.05) is 62.0 Å². The van der Waals surface area contributed by atoms with Crippen molar-refractivity contribution in [1.82, 2.24) is 29.4 Å². The highest BCUT2D eigenvalue weighted by Gasteiger charge is 2.46. The van der Waals surface area contributed by atoms with E-state index >= 15 is 4.39 Å². The molecule has 20 heteroatoms. The summed E-state index contributed by atoms with van der Waals surface area (Å²) < 4.78 is 53.5. The summed E-state index contributed by atoms with van der Waals surface area (Å²) in [6.45, 7) is 9.04. The molecule has 5 aromatic rings. The lowest BCUT2D eigenvalue weighted by molar-refractivity contribution is -0.753. The van der Waals surface area contributed by atoms with Crippen molar-refractivity contribution in [2.24, 2.45) is 5.92 Å². The van der Waals surface area contributed by atoms with Crippen LogP contribution in [0.2, 0.25) is 0 Å². The van der Waals surface area contributed by atoms with Crippen molar-refractivity contribution in [1.29, 1.82) is 0 Å². The number of aliphatic hydroxyl groups excluding tert-OH is 1. The first kappa shape index (κ1) is 46.2. The molecule has 6 atom stereocenters. The maximum absolute atomic E-state index is 15.4. The molecule has 2 saturated heterocycles. The Hall–Kier alpha value is -5.83. The summed E-state index contributed by atoms with van der Waals surface area (Å²) in [5.74, 6) is -2.02. The Labute approximate surface area is 373 Å². The fourth-order valence-electron chi connectivity index (χ4n) is 8.20. The quantitative estimate of drug-likeness (QED) is 0.0825. The zero-order valence-electron chi connectivity index (χ0n) is 36.1. The third-order valence-corrected chi connectivity index (χ3v) is 12.6. The summed E-state index contributed by atoms with van der Waals surface area (Å²) >= 11 is 0.738. The van der Waals surface area contributed by atoms with Gasteiger partial charge >= 0.3 is 17.0 Å². The predicted octanol–water partition coefficient (Wildman–Crippen LogP) is 4.53. The molecule has 7 rings (SSSR count). The molecular weight excluding hydrogens is 853 g/mol. The minimum Gasteiger partial charge on any atom is -0.493 e. The number of carbonyl (C=O) groups is 2. The first-order chi connectivity index (χ1) is 30.8. The van der Waals surface area contributed by atoms with E-state index in [-0.39, 0.29) is 36.1 Å². The van der Waals surface area contributed by atoms with Crippen LogP contribution < -0.4 is 30.1 Å². The number of nitrogens with zero attached hydrogens (tertiary/aromatic N) is 8. The Morgan fingerprint density at radius 3 is 2.27 bits per heavy atom. The number of hydrogen-bond acceptors (Lipinski definition) is 13. The second-order valence-corrected chi connectivity index (χ2v) is 17.0. The SMILES string of the molecule is CC[C@@H]([C@H](C)O)n1ncn(-c2ccc(N3CCN(c4ccc(OC[C@@H]5CO[C@@](Cn6c[n+](C(C)OC(=O)SC[C@H](NC)C(=O)O)cn6)(c6ccc(F)cc6F)C5)cc4)CC3)cc2)c1=O. The van der Waals surface area contributed by atoms with E-state index in [0.717, 1.165) is 55.4 Å². The number of carboxylic acid groups (broad SMARTS) is 1. The number of piperazine rings is 1. The van der Waals surface area contributed by atoms with Crippen LogP contribution in [-0.2, 0) is 26.4 Å². The molecule has 0 bridgehead atoms. The van der Waals surface area contributed by atoms with Gasteiger partial charge in [-0.1, -0.05) is 13.0 Å². The number of aliphatic carboxylic acids is 1. The number of benzene rings is 3. The van der Waals surface area contributed by atoms with E-state index in [1.807, 2.05) is 55.5 Å². The highest BCUT2D eigenvalue weighted by atomic mass is 32.2. The van der Waals surface area contributed by atoms with Gasteiger partial charge in [-0.15, -0.1) is 4.68 Å². The summed E-state index contributed by atoms with van der Waals surface area (Å²) in [5.41, 5.74) is 1.52. The van der Waals surface area contributed by atoms with Gasteiger partial charge in [0.15, 0.2) is 0 Å². The molecule has 1 unspecified atom stereocenters. The molecule has 4 heterocycles. The normalized spacial score (nSPS) is 19.6. The lowest BCUT2D eigenvalue weighted by Crippen LogP contribution is -2.46. The second-order valence-electron chi connectivity index (χ2n) is 16.1. The number of anilines is 2. The molecule has 2 fully saturated rings. The standard InChI is InChI=1S/C44H53F2N9O8S/c1-5-40(29(2)56)55-42(59)54(27-49-55)35-9-7-33(8-10-35)50-16-18-51(19-17-50)34-11-13-36(14-12-34)61-22-31-21-44(62-23-31,37-15-6-32(45)20-38(37)46)25-53-28-52(26-48-53)30(3)63-43(60)64-24-39(47-4)41(57)58/h6-15,20,26-31,39-40,47,56H,5,16-19,21-25H2,1-4H3/p+1/t29-,30?,31+,39-,40-,44-/m0/s1. The van der Waals surface area contributed by atoms with Crippen molar-refractivity contribution in [3.05, 3.63) is 113 Å². The zero-order chi connectivity index (χ0) is 45.5. The number of aliphatic hydroxyl groups is 1. The maximum atomic E-state index is 15.4. The average Bonchev–Trinajstić information content (AvgIpc) is 4.03. The van der Waals surface area contributed by atoms with Gasteiger partial charge in [0.1, 0.15) is 41.9 Å². The Kier molecular flexibility index (Phi) is 14.7. The molecule has 2 aliphatic rings. The van der Waals surface area contributed by atoms with E-state index in [2.05, 4.69) is 25.3 Å². The molecule has 0 saturated carbocycles. The summed E-state index contributed by atoms with van der Waals surface area (Å²) in [6.07, 6.45) is 3.99. The van der Waals surface area contributed by atoms with Gasteiger partial charge in [-0.25, -0.2) is 27.6 Å². The van der Waals surface area contributed by atoms with Crippen LogP contribution in [0, 0.1) is 17.6 Å².